The summed E-state index contributed by atoms with van der Waals surface area (Å²) in [7, 11) is 0. The summed E-state index contributed by atoms with van der Waals surface area (Å²) in [6.45, 7) is 0. The van der Waals surface area contributed by atoms with Crippen LogP contribution in [0.2, 0.25) is 0 Å². The first-order valence-corrected chi connectivity index (χ1v) is 4.10. The van der Waals surface area contributed by atoms with Crippen LogP contribution in [0.25, 0.3) is 11.4 Å². The van der Waals surface area contributed by atoms with E-state index in [9.17, 15) is 4.79 Å². The minimum atomic E-state index is -0.932. The molecule has 0 saturated carbocycles. The summed E-state index contributed by atoms with van der Waals surface area (Å²) in [5, 5.41) is 8.78. The molecule has 0 aliphatic heterocycles. The number of H-pyrrole nitrogens is 1. The molecule has 5 nitrogen and oxygen atoms in total. The summed E-state index contributed by atoms with van der Waals surface area (Å²) >= 11 is 0. The fourth-order valence-electron chi connectivity index (χ4n) is 1.22. The van der Waals surface area contributed by atoms with Gasteiger partial charge in [0, 0.05) is 18.0 Å². The topological polar surface area (TPSA) is 97.5 Å². The van der Waals surface area contributed by atoms with Crippen molar-refractivity contribution in [3.8, 4) is 11.4 Å². The number of hydrogen-bond donors (Lipinski definition) is 2. The third-order valence-corrected chi connectivity index (χ3v) is 1.88. The number of aromatic carboxylic acids is 1. The summed E-state index contributed by atoms with van der Waals surface area (Å²) in [6, 6.07) is 6.64. The van der Waals surface area contributed by atoms with E-state index in [0.717, 1.165) is 5.56 Å². The van der Waals surface area contributed by atoms with Crippen LogP contribution in [0.5, 0.6) is 0 Å². The van der Waals surface area contributed by atoms with Crippen molar-refractivity contribution in [2.24, 2.45) is 0 Å². The Morgan fingerprint density at radius 3 is 2.80 bits per heavy atom. The first-order valence-electron chi connectivity index (χ1n) is 4.10. The monoisotopic (exact) mass is 206 g/mol. The zero-order valence-electron chi connectivity index (χ0n) is 7.77. The molecule has 0 unspecified atom stereocenters. The summed E-state index contributed by atoms with van der Waals surface area (Å²) < 4.78 is 0. The predicted molar refractivity (Wildman–Crippen MR) is 54.6 cm³/mol. The Bertz CT molecular complexity index is 451. The van der Waals surface area contributed by atoms with Gasteiger partial charge in [0.25, 0.3) is 0 Å². The van der Waals surface area contributed by atoms with Crippen LogP contribution in [0.4, 0.5) is 0 Å². The van der Waals surface area contributed by atoms with E-state index in [-0.39, 0.29) is 11.0 Å². The fraction of sp³-hybridized carbons (Fsp3) is 0. The van der Waals surface area contributed by atoms with E-state index in [0.29, 0.717) is 5.82 Å². The van der Waals surface area contributed by atoms with Gasteiger partial charge in [-0.25, -0.2) is 9.78 Å². The first kappa shape index (κ1) is 10.9. The summed E-state index contributed by atoms with van der Waals surface area (Å²) in [5.74, 6) is -0.258. The molecule has 0 fully saturated rings. The third-order valence-electron chi connectivity index (χ3n) is 1.88. The lowest BCUT2D eigenvalue weighted by atomic mass is 10.1. The Balaban J connectivity index is 0.00000112. The smallest absolute Gasteiger partial charge is 0.335 e. The van der Waals surface area contributed by atoms with E-state index in [1.165, 1.54) is 0 Å². The molecule has 15 heavy (non-hydrogen) atoms. The highest BCUT2D eigenvalue weighted by atomic mass is 16.4. The number of aromatic amines is 1. The minimum absolute atomic E-state index is 0. The van der Waals surface area contributed by atoms with E-state index in [4.69, 9.17) is 5.11 Å². The van der Waals surface area contributed by atoms with Crippen molar-refractivity contribution in [2.45, 2.75) is 0 Å². The van der Waals surface area contributed by atoms with Gasteiger partial charge in [-0.05, 0) is 12.1 Å². The molecule has 1 aromatic heterocycles. The molecule has 0 radical (unpaired) electrons. The number of rotatable bonds is 2. The average Bonchev–Trinajstić information content (AvgIpc) is 2.71. The standard InChI is InChI=1S/C10H8N2O2.H2O/c13-10(14)8-3-1-2-7(6-8)9-11-4-5-12-9;/h1-6H,(H,11,12)(H,13,14);1H2. The van der Waals surface area contributed by atoms with Crippen LogP contribution < -0.4 is 0 Å². The van der Waals surface area contributed by atoms with E-state index >= 15 is 0 Å². The van der Waals surface area contributed by atoms with Gasteiger partial charge in [0.1, 0.15) is 5.82 Å². The maximum atomic E-state index is 10.7. The summed E-state index contributed by atoms with van der Waals surface area (Å²) in [6.07, 6.45) is 3.32. The van der Waals surface area contributed by atoms with E-state index in [2.05, 4.69) is 9.97 Å². The van der Waals surface area contributed by atoms with Crippen LogP contribution in [0, 0.1) is 0 Å². The molecule has 1 aromatic carbocycles. The Hall–Kier alpha value is -2.14. The number of carboxylic acids is 1. The van der Waals surface area contributed by atoms with Crippen LogP contribution in [0.3, 0.4) is 0 Å². The average molecular weight is 206 g/mol. The lowest BCUT2D eigenvalue weighted by molar-refractivity contribution is 0.0697. The maximum absolute atomic E-state index is 10.7. The van der Waals surface area contributed by atoms with Crippen molar-refractivity contribution in [3.63, 3.8) is 0 Å². The molecule has 0 aliphatic rings. The van der Waals surface area contributed by atoms with Gasteiger partial charge < -0.3 is 15.6 Å². The third kappa shape index (κ3) is 2.21. The van der Waals surface area contributed by atoms with E-state index in [1.807, 2.05) is 6.07 Å². The predicted octanol–water partition coefficient (Wildman–Crippen LogP) is 0.950. The van der Waals surface area contributed by atoms with Crippen LogP contribution in [-0.2, 0) is 0 Å². The lowest BCUT2D eigenvalue weighted by Gasteiger charge is -1.98. The number of benzene rings is 1. The van der Waals surface area contributed by atoms with Gasteiger partial charge in [-0.3, -0.25) is 0 Å². The first-order chi connectivity index (χ1) is 6.77. The normalized spacial score (nSPS) is 9.33. The molecule has 2 rings (SSSR count). The Labute approximate surface area is 85.7 Å². The number of imidazole rings is 1. The molecule has 0 aliphatic carbocycles. The molecule has 78 valence electrons. The maximum Gasteiger partial charge on any atom is 0.335 e. The number of hydrogen-bond acceptors (Lipinski definition) is 2. The largest absolute Gasteiger partial charge is 0.478 e. The highest BCUT2D eigenvalue weighted by Crippen LogP contribution is 2.15. The van der Waals surface area contributed by atoms with Gasteiger partial charge in [0.05, 0.1) is 5.56 Å². The molecule has 0 spiro atoms. The number of nitrogens with one attached hydrogen (secondary N) is 1. The number of nitrogens with zero attached hydrogens (tertiary/aromatic N) is 1. The molecule has 1 heterocycles. The molecule has 0 atom stereocenters. The lowest BCUT2D eigenvalue weighted by Crippen LogP contribution is -1.95. The Morgan fingerprint density at radius 1 is 1.40 bits per heavy atom. The second kappa shape index (κ2) is 4.39. The van der Waals surface area contributed by atoms with Crippen molar-refractivity contribution in [1.29, 1.82) is 0 Å². The number of carboxylic acid groups (broad SMARTS) is 1. The Morgan fingerprint density at radius 2 is 2.20 bits per heavy atom. The van der Waals surface area contributed by atoms with Crippen molar-refractivity contribution >= 4 is 5.97 Å². The fourth-order valence-corrected chi connectivity index (χ4v) is 1.22. The van der Waals surface area contributed by atoms with Gasteiger partial charge in [0.15, 0.2) is 0 Å². The van der Waals surface area contributed by atoms with Gasteiger partial charge in [0.2, 0.25) is 0 Å². The Kier molecular flexibility index (Phi) is 3.20. The van der Waals surface area contributed by atoms with Crippen molar-refractivity contribution < 1.29 is 15.4 Å². The zero-order valence-corrected chi connectivity index (χ0v) is 7.77. The van der Waals surface area contributed by atoms with Gasteiger partial charge in [-0.2, -0.15) is 0 Å². The molecule has 5 heteroatoms. The number of aromatic nitrogens is 2. The van der Waals surface area contributed by atoms with Crippen molar-refractivity contribution in [3.05, 3.63) is 42.2 Å². The number of carbonyl (C=O) groups is 1. The second-order valence-electron chi connectivity index (χ2n) is 2.82. The zero-order chi connectivity index (χ0) is 9.97. The van der Waals surface area contributed by atoms with Crippen LogP contribution in [-0.4, -0.2) is 26.5 Å². The van der Waals surface area contributed by atoms with Crippen LogP contribution >= 0.6 is 0 Å². The quantitative estimate of drug-likeness (QED) is 0.765. The van der Waals surface area contributed by atoms with Gasteiger partial charge in [-0.15, -0.1) is 0 Å². The van der Waals surface area contributed by atoms with Gasteiger partial charge >= 0.3 is 5.97 Å². The molecule has 2 aromatic rings. The minimum Gasteiger partial charge on any atom is -0.478 e. The molecule has 0 saturated heterocycles. The second-order valence-corrected chi connectivity index (χ2v) is 2.82. The molecule has 0 bridgehead atoms. The molecular weight excluding hydrogens is 196 g/mol. The molecular formula is C10H10N2O3. The highest BCUT2D eigenvalue weighted by Gasteiger charge is 2.05. The van der Waals surface area contributed by atoms with Gasteiger partial charge in [-0.1, -0.05) is 12.1 Å². The molecule has 4 N–H and O–H groups in total. The van der Waals surface area contributed by atoms with E-state index in [1.54, 1.807) is 30.6 Å². The molecule has 0 amide bonds. The van der Waals surface area contributed by atoms with Crippen LogP contribution in [0.15, 0.2) is 36.7 Å². The van der Waals surface area contributed by atoms with Crippen molar-refractivity contribution in [1.82, 2.24) is 9.97 Å². The van der Waals surface area contributed by atoms with Crippen LogP contribution in [0.1, 0.15) is 10.4 Å². The van der Waals surface area contributed by atoms with E-state index < -0.39 is 5.97 Å². The van der Waals surface area contributed by atoms with Crippen molar-refractivity contribution in [2.75, 3.05) is 0 Å². The summed E-state index contributed by atoms with van der Waals surface area (Å²) in [4.78, 5) is 17.6. The SMILES string of the molecule is O.O=C(O)c1cccc(-c2ncc[nH]2)c1. The summed E-state index contributed by atoms with van der Waals surface area (Å²) in [5.41, 5.74) is 1.04. The highest BCUT2D eigenvalue weighted by molar-refractivity contribution is 5.89.